The van der Waals surface area contributed by atoms with Crippen LogP contribution in [0.3, 0.4) is 0 Å². The van der Waals surface area contributed by atoms with Gasteiger partial charge >= 0.3 is 0 Å². The first kappa shape index (κ1) is 17.0. The molecule has 2 N–H and O–H groups in total. The SMILES string of the molecule is CCN1CCN(S(=O)(=O)c2cc(Cl)cc(CN)c2Cl)CC1. The van der Waals surface area contributed by atoms with E-state index in [2.05, 4.69) is 11.8 Å². The van der Waals surface area contributed by atoms with E-state index >= 15 is 0 Å². The zero-order valence-corrected chi connectivity index (χ0v) is 14.2. The summed E-state index contributed by atoms with van der Waals surface area (Å²) in [7, 11) is -3.64. The zero-order valence-electron chi connectivity index (χ0n) is 11.8. The number of sulfonamides is 1. The van der Waals surface area contributed by atoms with E-state index in [4.69, 9.17) is 28.9 Å². The topological polar surface area (TPSA) is 66.6 Å². The molecule has 0 aliphatic carbocycles. The Kier molecular flexibility index (Phi) is 5.51. The average molecular weight is 352 g/mol. The number of benzene rings is 1. The lowest BCUT2D eigenvalue weighted by Gasteiger charge is -2.33. The number of likely N-dealkylation sites (N-methyl/N-ethyl adjacent to an activating group) is 1. The van der Waals surface area contributed by atoms with Gasteiger partial charge in [0.1, 0.15) is 4.90 Å². The van der Waals surface area contributed by atoms with E-state index in [0.717, 1.165) is 19.6 Å². The molecule has 0 bridgehead atoms. The van der Waals surface area contributed by atoms with Crippen molar-refractivity contribution < 1.29 is 8.42 Å². The predicted octanol–water partition coefficient (Wildman–Crippen LogP) is 1.78. The number of halogens is 2. The molecule has 5 nitrogen and oxygen atoms in total. The molecule has 118 valence electrons. The van der Waals surface area contributed by atoms with Crippen LogP contribution in [-0.2, 0) is 16.6 Å². The maximum atomic E-state index is 12.7. The van der Waals surface area contributed by atoms with E-state index < -0.39 is 10.0 Å². The van der Waals surface area contributed by atoms with Crippen LogP contribution in [-0.4, -0.2) is 50.3 Å². The van der Waals surface area contributed by atoms with Crippen molar-refractivity contribution in [3.05, 3.63) is 27.7 Å². The highest BCUT2D eigenvalue weighted by Gasteiger charge is 2.30. The standard InChI is InChI=1S/C13H19Cl2N3O2S/c1-2-17-3-5-18(6-4-17)21(19,20)12-8-11(14)7-10(9-16)13(12)15/h7-8H,2-6,9,16H2,1H3. The van der Waals surface area contributed by atoms with E-state index in [1.165, 1.54) is 10.4 Å². The predicted molar refractivity (Wildman–Crippen MR) is 85.2 cm³/mol. The molecular formula is C13H19Cl2N3O2S. The van der Waals surface area contributed by atoms with Crippen molar-refractivity contribution >= 4 is 33.2 Å². The fourth-order valence-corrected chi connectivity index (χ4v) is 4.72. The highest BCUT2D eigenvalue weighted by atomic mass is 35.5. The van der Waals surface area contributed by atoms with Crippen molar-refractivity contribution in [3.8, 4) is 0 Å². The monoisotopic (exact) mass is 351 g/mol. The summed E-state index contributed by atoms with van der Waals surface area (Å²) in [5, 5.41) is 0.491. The van der Waals surface area contributed by atoms with Crippen molar-refractivity contribution in [1.29, 1.82) is 0 Å². The van der Waals surface area contributed by atoms with Gasteiger partial charge in [0.15, 0.2) is 0 Å². The van der Waals surface area contributed by atoms with Gasteiger partial charge in [-0.15, -0.1) is 0 Å². The molecule has 0 spiro atoms. The minimum Gasteiger partial charge on any atom is -0.326 e. The molecule has 1 aromatic rings. The normalized spacial score (nSPS) is 18.1. The van der Waals surface area contributed by atoms with Gasteiger partial charge in [0.25, 0.3) is 0 Å². The van der Waals surface area contributed by atoms with Crippen molar-refractivity contribution in [3.63, 3.8) is 0 Å². The second-order valence-electron chi connectivity index (χ2n) is 4.92. The van der Waals surface area contributed by atoms with E-state index in [-0.39, 0.29) is 16.5 Å². The van der Waals surface area contributed by atoms with Crippen molar-refractivity contribution in [2.75, 3.05) is 32.7 Å². The molecule has 1 aromatic carbocycles. The van der Waals surface area contributed by atoms with Crippen LogP contribution >= 0.6 is 23.2 Å². The second kappa shape index (κ2) is 6.81. The molecule has 1 aliphatic heterocycles. The lowest BCUT2D eigenvalue weighted by atomic mass is 10.2. The van der Waals surface area contributed by atoms with Gasteiger partial charge in [-0.05, 0) is 24.2 Å². The Morgan fingerprint density at radius 3 is 2.33 bits per heavy atom. The molecule has 0 unspecified atom stereocenters. The molecule has 1 aliphatic rings. The summed E-state index contributed by atoms with van der Waals surface area (Å²) in [6.45, 7) is 5.48. The number of hydrogen-bond acceptors (Lipinski definition) is 4. The van der Waals surface area contributed by atoms with Crippen LogP contribution in [0, 0.1) is 0 Å². The van der Waals surface area contributed by atoms with E-state index in [1.807, 2.05) is 0 Å². The minimum atomic E-state index is -3.64. The van der Waals surface area contributed by atoms with Crippen LogP contribution in [0.25, 0.3) is 0 Å². The molecule has 1 fully saturated rings. The van der Waals surface area contributed by atoms with Gasteiger partial charge in [-0.2, -0.15) is 4.31 Å². The maximum absolute atomic E-state index is 12.7. The molecule has 21 heavy (non-hydrogen) atoms. The molecular weight excluding hydrogens is 333 g/mol. The lowest BCUT2D eigenvalue weighted by Crippen LogP contribution is -2.48. The molecule has 0 atom stereocenters. The summed E-state index contributed by atoms with van der Waals surface area (Å²) >= 11 is 12.2. The molecule has 1 saturated heterocycles. The summed E-state index contributed by atoms with van der Waals surface area (Å²) in [5.41, 5.74) is 6.13. The highest BCUT2D eigenvalue weighted by Crippen LogP contribution is 2.31. The van der Waals surface area contributed by atoms with Crippen LogP contribution in [0.1, 0.15) is 12.5 Å². The fourth-order valence-electron chi connectivity index (χ4n) is 2.38. The molecule has 0 saturated carbocycles. The summed E-state index contributed by atoms with van der Waals surface area (Å²) < 4.78 is 26.9. The Morgan fingerprint density at radius 2 is 1.81 bits per heavy atom. The molecule has 8 heteroatoms. The van der Waals surface area contributed by atoms with Gasteiger partial charge < -0.3 is 10.6 Å². The van der Waals surface area contributed by atoms with Gasteiger partial charge in [-0.3, -0.25) is 0 Å². The highest BCUT2D eigenvalue weighted by molar-refractivity contribution is 7.89. The Bertz CT molecular complexity index is 614. The maximum Gasteiger partial charge on any atom is 0.244 e. The number of nitrogens with zero attached hydrogens (tertiary/aromatic N) is 2. The van der Waals surface area contributed by atoms with Crippen LogP contribution in [0.2, 0.25) is 10.0 Å². The third-order valence-corrected chi connectivity index (χ3v) is 6.39. The molecule has 0 amide bonds. The summed E-state index contributed by atoms with van der Waals surface area (Å²) in [6, 6.07) is 2.99. The van der Waals surface area contributed by atoms with Gasteiger partial charge in [0, 0.05) is 37.7 Å². The van der Waals surface area contributed by atoms with Crippen molar-refractivity contribution in [2.45, 2.75) is 18.4 Å². The van der Waals surface area contributed by atoms with E-state index in [9.17, 15) is 8.42 Å². The second-order valence-corrected chi connectivity index (χ2v) is 7.64. The van der Waals surface area contributed by atoms with Crippen molar-refractivity contribution in [2.24, 2.45) is 5.73 Å². The van der Waals surface area contributed by atoms with Crippen molar-refractivity contribution in [1.82, 2.24) is 9.21 Å². The largest absolute Gasteiger partial charge is 0.326 e. The van der Waals surface area contributed by atoms with Crippen LogP contribution < -0.4 is 5.73 Å². The number of rotatable bonds is 4. The first-order valence-corrected chi connectivity index (χ1v) is 9.00. The van der Waals surface area contributed by atoms with Gasteiger partial charge in [-0.1, -0.05) is 30.1 Å². The zero-order chi connectivity index (χ0) is 15.6. The first-order valence-electron chi connectivity index (χ1n) is 6.80. The summed E-state index contributed by atoms with van der Waals surface area (Å²) in [6.07, 6.45) is 0. The van der Waals surface area contributed by atoms with Gasteiger partial charge in [0.05, 0.1) is 5.02 Å². The van der Waals surface area contributed by atoms with Crippen LogP contribution in [0.5, 0.6) is 0 Å². The summed E-state index contributed by atoms with van der Waals surface area (Å²) in [5.74, 6) is 0. The van der Waals surface area contributed by atoms with E-state index in [1.54, 1.807) is 6.07 Å². The molecule has 2 rings (SSSR count). The molecule has 1 heterocycles. The van der Waals surface area contributed by atoms with Crippen LogP contribution in [0.15, 0.2) is 17.0 Å². The third kappa shape index (κ3) is 3.52. The van der Waals surface area contributed by atoms with E-state index in [0.29, 0.717) is 23.7 Å². The summed E-state index contributed by atoms with van der Waals surface area (Å²) in [4.78, 5) is 2.25. The molecule has 0 radical (unpaired) electrons. The molecule has 0 aromatic heterocycles. The van der Waals surface area contributed by atoms with Crippen LogP contribution in [0.4, 0.5) is 0 Å². The number of hydrogen-bond donors (Lipinski definition) is 1. The van der Waals surface area contributed by atoms with Gasteiger partial charge in [0.2, 0.25) is 10.0 Å². The van der Waals surface area contributed by atoms with Gasteiger partial charge in [-0.25, -0.2) is 8.42 Å². The smallest absolute Gasteiger partial charge is 0.244 e. The number of piperazine rings is 1. The first-order chi connectivity index (χ1) is 9.90. The average Bonchev–Trinajstić information content (AvgIpc) is 2.49. The Hall–Kier alpha value is -0.370. The quantitative estimate of drug-likeness (QED) is 0.897. The fraction of sp³-hybridized carbons (Fsp3) is 0.538. The lowest BCUT2D eigenvalue weighted by molar-refractivity contribution is 0.196. The Morgan fingerprint density at radius 1 is 1.19 bits per heavy atom. The Balaban J connectivity index is 2.34. The Labute approximate surface area is 135 Å². The minimum absolute atomic E-state index is 0.0436. The third-order valence-electron chi connectivity index (χ3n) is 3.70. The number of nitrogens with two attached hydrogens (primary N) is 1.